The molecular formula is C24H25BrN2O5. The molecule has 0 bridgehead atoms. The summed E-state index contributed by atoms with van der Waals surface area (Å²) in [5.41, 5.74) is 0.391. The number of piperidine rings is 1. The minimum Gasteiger partial charge on any atom is -0.464 e. The Morgan fingerprint density at radius 1 is 1.06 bits per heavy atom. The minimum absolute atomic E-state index is 0.0260. The first-order valence-corrected chi connectivity index (χ1v) is 11.4. The predicted molar refractivity (Wildman–Crippen MR) is 121 cm³/mol. The Labute approximate surface area is 195 Å². The number of rotatable bonds is 7. The van der Waals surface area contributed by atoms with E-state index < -0.39 is 6.04 Å². The summed E-state index contributed by atoms with van der Waals surface area (Å²) in [6.45, 7) is 3.93. The SMILES string of the molecule is CCOC(=O)[C@@H]1C[C@]2(C)C[C@@H]2N1C(=O)CNC(=O)c1ccc(Oc2ccc(Br)cc2)cc1. The number of nitrogens with zero attached hydrogens (tertiary/aromatic N) is 1. The third-order valence-electron chi connectivity index (χ3n) is 6.05. The Morgan fingerprint density at radius 2 is 1.69 bits per heavy atom. The summed E-state index contributed by atoms with van der Waals surface area (Å²) < 4.78 is 11.9. The average Bonchev–Trinajstić information content (AvgIpc) is 3.34. The van der Waals surface area contributed by atoms with Crippen LogP contribution in [-0.2, 0) is 14.3 Å². The number of nitrogens with one attached hydrogen (secondary N) is 1. The van der Waals surface area contributed by atoms with Gasteiger partial charge in [0, 0.05) is 16.1 Å². The molecule has 168 valence electrons. The second-order valence-electron chi connectivity index (χ2n) is 8.41. The molecule has 2 amide bonds. The number of benzene rings is 2. The van der Waals surface area contributed by atoms with E-state index in [2.05, 4.69) is 28.2 Å². The number of ether oxygens (including phenoxy) is 2. The topological polar surface area (TPSA) is 84.9 Å². The molecule has 1 saturated carbocycles. The zero-order valence-electron chi connectivity index (χ0n) is 18.0. The molecule has 0 unspecified atom stereocenters. The summed E-state index contributed by atoms with van der Waals surface area (Å²) >= 11 is 3.38. The second-order valence-corrected chi connectivity index (χ2v) is 9.33. The van der Waals surface area contributed by atoms with Crippen LogP contribution in [0.5, 0.6) is 11.5 Å². The van der Waals surface area contributed by atoms with Crippen molar-refractivity contribution in [1.82, 2.24) is 10.2 Å². The molecule has 1 heterocycles. The van der Waals surface area contributed by atoms with Crippen molar-refractivity contribution in [2.24, 2.45) is 5.41 Å². The maximum absolute atomic E-state index is 12.8. The summed E-state index contributed by atoms with van der Waals surface area (Å²) in [7, 11) is 0. The normalized spacial score (nSPS) is 23.3. The van der Waals surface area contributed by atoms with E-state index in [9.17, 15) is 14.4 Å². The Bertz CT molecular complexity index is 1020. The van der Waals surface area contributed by atoms with Crippen molar-refractivity contribution in [3.05, 3.63) is 58.6 Å². The van der Waals surface area contributed by atoms with Crippen LogP contribution in [0.4, 0.5) is 0 Å². The molecule has 2 aromatic carbocycles. The van der Waals surface area contributed by atoms with Crippen molar-refractivity contribution in [2.75, 3.05) is 13.2 Å². The largest absolute Gasteiger partial charge is 0.464 e. The van der Waals surface area contributed by atoms with Gasteiger partial charge < -0.3 is 19.7 Å². The van der Waals surface area contributed by atoms with E-state index in [1.807, 2.05) is 24.3 Å². The molecule has 1 aliphatic heterocycles. The molecule has 0 radical (unpaired) electrons. The molecule has 1 saturated heterocycles. The molecule has 2 aromatic rings. The van der Waals surface area contributed by atoms with Crippen LogP contribution in [0.3, 0.4) is 0 Å². The number of hydrogen-bond acceptors (Lipinski definition) is 5. The monoisotopic (exact) mass is 500 g/mol. The van der Waals surface area contributed by atoms with Crippen molar-refractivity contribution >= 4 is 33.7 Å². The number of esters is 1. The van der Waals surface area contributed by atoms with Gasteiger partial charge in [0.25, 0.3) is 5.91 Å². The van der Waals surface area contributed by atoms with Crippen LogP contribution in [-0.4, -0.2) is 47.9 Å². The highest BCUT2D eigenvalue weighted by molar-refractivity contribution is 9.10. The van der Waals surface area contributed by atoms with Crippen molar-refractivity contribution < 1.29 is 23.9 Å². The third-order valence-corrected chi connectivity index (χ3v) is 6.58. The summed E-state index contributed by atoms with van der Waals surface area (Å²) in [6, 6.07) is 13.6. The van der Waals surface area contributed by atoms with Gasteiger partial charge in [-0.15, -0.1) is 0 Å². The van der Waals surface area contributed by atoms with Crippen molar-refractivity contribution in [1.29, 1.82) is 0 Å². The average molecular weight is 501 g/mol. The lowest BCUT2D eigenvalue weighted by molar-refractivity contribution is -0.153. The number of halogens is 1. The van der Waals surface area contributed by atoms with Gasteiger partial charge in [-0.05, 0) is 73.7 Å². The molecule has 4 rings (SSSR count). The maximum Gasteiger partial charge on any atom is 0.328 e. The first kappa shape index (κ1) is 22.3. The van der Waals surface area contributed by atoms with Crippen LogP contribution in [0.1, 0.15) is 37.0 Å². The van der Waals surface area contributed by atoms with E-state index in [0.717, 1.165) is 10.9 Å². The van der Waals surface area contributed by atoms with E-state index in [1.54, 1.807) is 36.1 Å². The molecule has 1 aliphatic carbocycles. The van der Waals surface area contributed by atoms with Gasteiger partial charge in [-0.25, -0.2) is 4.79 Å². The number of carbonyl (C=O) groups is 3. The lowest BCUT2D eigenvalue weighted by Crippen LogP contribution is -2.48. The van der Waals surface area contributed by atoms with Crippen molar-refractivity contribution in [3.63, 3.8) is 0 Å². The van der Waals surface area contributed by atoms with Gasteiger partial charge in [0.05, 0.1) is 13.2 Å². The smallest absolute Gasteiger partial charge is 0.328 e. The summed E-state index contributed by atoms with van der Waals surface area (Å²) in [5.74, 6) is 0.283. The zero-order valence-corrected chi connectivity index (χ0v) is 19.6. The first-order chi connectivity index (χ1) is 15.3. The van der Waals surface area contributed by atoms with Crippen molar-refractivity contribution in [2.45, 2.75) is 38.8 Å². The lowest BCUT2D eigenvalue weighted by atomic mass is 10.0. The van der Waals surface area contributed by atoms with E-state index in [0.29, 0.717) is 23.5 Å². The van der Waals surface area contributed by atoms with Crippen LogP contribution < -0.4 is 10.1 Å². The van der Waals surface area contributed by atoms with E-state index in [1.165, 1.54) is 0 Å². The van der Waals surface area contributed by atoms with Crippen LogP contribution >= 0.6 is 15.9 Å². The molecule has 2 fully saturated rings. The van der Waals surface area contributed by atoms with Gasteiger partial charge in [0.15, 0.2) is 0 Å². The molecule has 3 atom stereocenters. The van der Waals surface area contributed by atoms with Gasteiger partial charge in [-0.3, -0.25) is 9.59 Å². The predicted octanol–water partition coefficient (Wildman–Crippen LogP) is 3.91. The number of fused-ring (bicyclic) bond motifs is 1. The highest BCUT2D eigenvalue weighted by Crippen LogP contribution is 2.59. The summed E-state index contributed by atoms with van der Waals surface area (Å²) in [4.78, 5) is 39.3. The van der Waals surface area contributed by atoms with Gasteiger partial charge >= 0.3 is 5.97 Å². The minimum atomic E-state index is -0.571. The molecule has 32 heavy (non-hydrogen) atoms. The van der Waals surface area contributed by atoms with Gasteiger partial charge in [0.2, 0.25) is 5.91 Å². The highest BCUT2D eigenvalue weighted by atomic mass is 79.9. The van der Waals surface area contributed by atoms with Crippen LogP contribution in [0.25, 0.3) is 0 Å². The second kappa shape index (κ2) is 8.94. The van der Waals surface area contributed by atoms with Crippen LogP contribution in [0.15, 0.2) is 53.0 Å². The Morgan fingerprint density at radius 3 is 2.31 bits per heavy atom. The molecule has 0 spiro atoms. The molecule has 2 aliphatic rings. The first-order valence-electron chi connectivity index (χ1n) is 10.6. The molecule has 8 heteroatoms. The fraction of sp³-hybridized carbons (Fsp3) is 0.375. The van der Waals surface area contributed by atoms with Gasteiger partial charge in [0.1, 0.15) is 17.5 Å². The standard InChI is InChI=1S/C24H25BrN2O5/c1-3-31-23(30)19-12-24(2)13-20(24)27(19)21(28)14-26-22(29)15-4-8-17(9-5-15)32-18-10-6-16(25)7-11-18/h4-11,19-20H,3,12-14H2,1-2H3,(H,26,29)/t19-,20-,24+/m0/s1. The van der Waals surface area contributed by atoms with Gasteiger partial charge in [-0.2, -0.15) is 0 Å². The number of likely N-dealkylation sites (tertiary alicyclic amines) is 1. The zero-order chi connectivity index (χ0) is 22.9. The molecule has 1 N–H and O–H groups in total. The highest BCUT2D eigenvalue weighted by Gasteiger charge is 2.64. The maximum atomic E-state index is 12.8. The Hall–Kier alpha value is -2.87. The third kappa shape index (κ3) is 4.65. The summed E-state index contributed by atoms with van der Waals surface area (Å²) in [5, 5.41) is 2.67. The fourth-order valence-corrected chi connectivity index (χ4v) is 4.50. The fourth-order valence-electron chi connectivity index (χ4n) is 4.24. The molecule has 0 aromatic heterocycles. The number of amides is 2. The molecular weight excluding hydrogens is 476 g/mol. The quantitative estimate of drug-likeness (QED) is 0.582. The Balaban J connectivity index is 1.33. The Kier molecular flexibility index (Phi) is 6.24. The number of carbonyl (C=O) groups excluding carboxylic acids is 3. The summed E-state index contributed by atoms with van der Waals surface area (Å²) in [6.07, 6.45) is 1.48. The van der Waals surface area contributed by atoms with E-state index >= 15 is 0 Å². The molecule has 7 nitrogen and oxygen atoms in total. The van der Waals surface area contributed by atoms with Crippen LogP contribution in [0.2, 0.25) is 0 Å². The van der Waals surface area contributed by atoms with Gasteiger partial charge in [-0.1, -0.05) is 22.9 Å². The lowest BCUT2D eigenvalue weighted by Gasteiger charge is -2.26. The van der Waals surface area contributed by atoms with E-state index in [-0.39, 0.29) is 42.4 Å². The van der Waals surface area contributed by atoms with Crippen molar-refractivity contribution in [3.8, 4) is 11.5 Å². The van der Waals surface area contributed by atoms with Crippen LogP contribution in [0, 0.1) is 5.41 Å². The number of hydrogen-bond donors (Lipinski definition) is 1. The van der Waals surface area contributed by atoms with E-state index in [4.69, 9.17) is 9.47 Å².